The van der Waals surface area contributed by atoms with E-state index >= 15 is 0 Å². The minimum Gasteiger partial charge on any atom is -0.383 e. The SMILES string of the molecule is C=C(C)CN(CC)C(=O)/C(C#N)=C/c1cc(C)n(C(C)COC)c1C. The van der Waals surface area contributed by atoms with Gasteiger partial charge in [0.05, 0.1) is 12.6 Å². The molecule has 1 atom stereocenters. The molecule has 0 aromatic carbocycles. The number of hydrogen-bond acceptors (Lipinski definition) is 3. The van der Waals surface area contributed by atoms with Crippen molar-refractivity contribution in [1.82, 2.24) is 9.47 Å². The number of methoxy groups -OCH3 is 1. The maximum atomic E-state index is 12.7. The van der Waals surface area contributed by atoms with Crippen molar-refractivity contribution in [2.24, 2.45) is 0 Å². The highest BCUT2D eigenvalue weighted by Gasteiger charge is 2.19. The van der Waals surface area contributed by atoms with Crippen LogP contribution in [0.25, 0.3) is 6.08 Å². The first-order valence-electron chi connectivity index (χ1n) is 8.49. The highest BCUT2D eigenvalue weighted by molar-refractivity contribution is 6.01. The van der Waals surface area contributed by atoms with Crippen LogP contribution in [0.2, 0.25) is 0 Å². The van der Waals surface area contributed by atoms with Crippen molar-refractivity contribution in [3.8, 4) is 6.07 Å². The van der Waals surface area contributed by atoms with E-state index in [2.05, 4.69) is 24.1 Å². The Morgan fingerprint density at radius 3 is 2.64 bits per heavy atom. The molecule has 1 rings (SSSR count). The molecule has 5 heteroatoms. The first-order valence-corrected chi connectivity index (χ1v) is 8.49. The Hall–Kier alpha value is -2.32. The van der Waals surface area contributed by atoms with Crippen LogP contribution in [-0.4, -0.2) is 42.2 Å². The molecular formula is C20H29N3O2. The number of nitriles is 1. The lowest BCUT2D eigenvalue weighted by Gasteiger charge is -2.20. The van der Waals surface area contributed by atoms with Gasteiger partial charge in [-0.1, -0.05) is 12.2 Å². The van der Waals surface area contributed by atoms with Gasteiger partial charge in [0.1, 0.15) is 11.6 Å². The van der Waals surface area contributed by atoms with Crippen molar-refractivity contribution in [2.45, 2.75) is 40.7 Å². The van der Waals surface area contributed by atoms with Crippen molar-refractivity contribution in [1.29, 1.82) is 5.26 Å². The number of carbonyl (C=O) groups excluding carboxylic acids is 1. The topological polar surface area (TPSA) is 58.3 Å². The van der Waals surface area contributed by atoms with Crippen LogP contribution in [0, 0.1) is 25.2 Å². The zero-order valence-electron chi connectivity index (χ0n) is 16.2. The normalized spacial score (nSPS) is 12.6. The summed E-state index contributed by atoms with van der Waals surface area (Å²) in [5.74, 6) is -0.261. The molecule has 0 radical (unpaired) electrons. The highest BCUT2D eigenvalue weighted by Crippen LogP contribution is 2.23. The molecule has 0 N–H and O–H groups in total. The summed E-state index contributed by atoms with van der Waals surface area (Å²) in [5, 5.41) is 9.48. The lowest BCUT2D eigenvalue weighted by Crippen LogP contribution is -2.33. The number of carbonyl (C=O) groups is 1. The third kappa shape index (κ3) is 5.07. The van der Waals surface area contributed by atoms with Crippen molar-refractivity contribution in [2.75, 3.05) is 26.8 Å². The fourth-order valence-electron chi connectivity index (χ4n) is 3.06. The van der Waals surface area contributed by atoms with Crippen LogP contribution in [0.15, 0.2) is 23.8 Å². The van der Waals surface area contributed by atoms with Crippen LogP contribution in [0.5, 0.6) is 0 Å². The Morgan fingerprint density at radius 1 is 1.52 bits per heavy atom. The molecule has 0 saturated carbocycles. The van der Waals surface area contributed by atoms with Gasteiger partial charge in [0.15, 0.2) is 0 Å². The third-order valence-corrected chi connectivity index (χ3v) is 4.15. The number of nitrogens with zero attached hydrogens (tertiary/aromatic N) is 3. The molecule has 136 valence electrons. The Morgan fingerprint density at radius 2 is 2.16 bits per heavy atom. The summed E-state index contributed by atoms with van der Waals surface area (Å²) in [7, 11) is 1.68. The van der Waals surface area contributed by atoms with Crippen molar-refractivity contribution >= 4 is 12.0 Å². The number of likely N-dealkylation sites (N-methyl/N-ethyl adjacent to an activating group) is 1. The van der Waals surface area contributed by atoms with E-state index in [9.17, 15) is 10.1 Å². The second-order valence-corrected chi connectivity index (χ2v) is 6.45. The van der Waals surface area contributed by atoms with Gasteiger partial charge in [0.2, 0.25) is 0 Å². The monoisotopic (exact) mass is 343 g/mol. The molecule has 0 fully saturated rings. The Balaban J connectivity index is 3.23. The predicted molar refractivity (Wildman–Crippen MR) is 101 cm³/mol. The summed E-state index contributed by atoms with van der Waals surface area (Å²) in [6.45, 7) is 15.3. The number of aryl methyl sites for hydroxylation is 1. The second kappa shape index (κ2) is 9.24. The zero-order valence-corrected chi connectivity index (χ0v) is 16.2. The lowest BCUT2D eigenvalue weighted by atomic mass is 10.1. The van der Waals surface area contributed by atoms with Gasteiger partial charge in [0.25, 0.3) is 5.91 Å². The molecule has 1 heterocycles. The third-order valence-electron chi connectivity index (χ3n) is 4.15. The molecule has 1 amide bonds. The standard InChI is InChI=1S/C20H29N3O2/c1-8-22(12-14(2)3)20(24)19(11-21)10-18-9-15(4)23(17(18)6)16(5)13-25-7/h9-10,16H,2,8,12-13H2,1,3-7H3/b19-10+. The van der Waals surface area contributed by atoms with Crippen LogP contribution in [0.4, 0.5) is 0 Å². The summed E-state index contributed by atoms with van der Waals surface area (Å²) in [6, 6.07) is 4.24. The minimum atomic E-state index is -0.261. The van der Waals surface area contributed by atoms with E-state index in [4.69, 9.17) is 4.74 Å². The van der Waals surface area contributed by atoms with Crippen LogP contribution < -0.4 is 0 Å². The summed E-state index contributed by atoms with van der Waals surface area (Å²) in [4.78, 5) is 14.3. The largest absolute Gasteiger partial charge is 0.383 e. The van der Waals surface area contributed by atoms with Gasteiger partial charge in [-0.15, -0.1) is 0 Å². The Bertz CT molecular complexity index is 707. The highest BCUT2D eigenvalue weighted by atomic mass is 16.5. The van der Waals surface area contributed by atoms with Crippen molar-refractivity contribution < 1.29 is 9.53 Å². The Labute approximate surface area is 151 Å². The zero-order chi connectivity index (χ0) is 19.1. The van der Waals surface area contributed by atoms with Gasteiger partial charge in [-0.05, 0) is 52.3 Å². The molecule has 1 aromatic rings. The fraction of sp³-hybridized carbons (Fsp3) is 0.500. The Kier molecular flexibility index (Phi) is 7.66. The molecule has 0 aliphatic heterocycles. The summed E-state index contributed by atoms with van der Waals surface area (Å²) >= 11 is 0. The van der Waals surface area contributed by atoms with Crippen molar-refractivity contribution in [3.05, 3.63) is 40.7 Å². The molecule has 0 bridgehead atoms. The predicted octanol–water partition coefficient (Wildman–Crippen LogP) is 3.64. The number of amides is 1. The van der Waals surface area contributed by atoms with E-state index in [1.807, 2.05) is 33.8 Å². The number of rotatable bonds is 8. The quantitative estimate of drug-likeness (QED) is 0.411. The van der Waals surface area contributed by atoms with Crippen LogP contribution in [0.3, 0.4) is 0 Å². The van der Waals surface area contributed by atoms with E-state index in [0.29, 0.717) is 19.7 Å². The van der Waals surface area contributed by atoms with E-state index in [-0.39, 0.29) is 17.5 Å². The van der Waals surface area contributed by atoms with E-state index < -0.39 is 0 Å². The number of hydrogen-bond donors (Lipinski definition) is 0. The first-order chi connectivity index (χ1) is 11.8. The summed E-state index contributed by atoms with van der Waals surface area (Å²) in [6.07, 6.45) is 1.68. The maximum Gasteiger partial charge on any atom is 0.264 e. The molecule has 1 aromatic heterocycles. The summed E-state index contributed by atoms with van der Waals surface area (Å²) in [5.41, 5.74) is 4.01. The maximum absolute atomic E-state index is 12.7. The average molecular weight is 343 g/mol. The van der Waals surface area contributed by atoms with E-state index in [1.54, 1.807) is 18.1 Å². The molecule has 5 nitrogen and oxygen atoms in total. The van der Waals surface area contributed by atoms with Crippen LogP contribution >= 0.6 is 0 Å². The fourth-order valence-corrected chi connectivity index (χ4v) is 3.06. The summed E-state index contributed by atoms with van der Waals surface area (Å²) < 4.78 is 7.41. The van der Waals surface area contributed by atoms with Gasteiger partial charge in [-0.2, -0.15) is 5.26 Å². The molecule has 0 saturated heterocycles. The number of ether oxygens (including phenoxy) is 1. The smallest absolute Gasteiger partial charge is 0.264 e. The van der Waals surface area contributed by atoms with Crippen LogP contribution in [0.1, 0.15) is 43.8 Å². The van der Waals surface area contributed by atoms with Gasteiger partial charge in [-0.3, -0.25) is 4.79 Å². The molecule has 1 unspecified atom stereocenters. The van der Waals surface area contributed by atoms with Gasteiger partial charge < -0.3 is 14.2 Å². The average Bonchev–Trinajstić information content (AvgIpc) is 2.83. The van der Waals surface area contributed by atoms with Gasteiger partial charge in [-0.25, -0.2) is 0 Å². The molecule has 0 aliphatic carbocycles. The van der Waals surface area contributed by atoms with Gasteiger partial charge >= 0.3 is 0 Å². The van der Waals surface area contributed by atoms with Gasteiger partial charge in [0, 0.05) is 31.6 Å². The van der Waals surface area contributed by atoms with Crippen LogP contribution in [-0.2, 0) is 9.53 Å². The van der Waals surface area contributed by atoms with Crippen molar-refractivity contribution in [3.63, 3.8) is 0 Å². The molecule has 25 heavy (non-hydrogen) atoms. The second-order valence-electron chi connectivity index (χ2n) is 6.45. The molecular weight excluding hydrogens is 314 g/mol. The number of aromatic nitrogens is 1. The first kappa shape index (κ1) is 20.7. The lowest BCUT2D eigenvalue weighted by molar-refractivity contribution is -0.126. The van der Waals surface area contributed by atoms with E-state index in [1.165, 1.54) is 0 Å². The minimum absolute atomic E-state index is 0.141. The molecule has 0 aliphatic rings. The molecule has 0 spiro atoms. The van der Waals surface area contributed by atoms with E-state index in [0.717, 1.165) is 22.5 Å².